The van der Waals surface area contributed by atoms with Crippen molar-refractivity contribution in [3.63, 3.8) is 0 Å². The maximum atomic E-state index is 13.5. The molecule has 0 amide bonds. The fraction of sp³-hybridized carbons (Fsp3) is 0. The minimum Gasteiger partial charge on any atom is -0.478 e. The molecule has 2 aromatic rings. The van der Waals surface area contributed by atoms with E-state index in [2.05, 4.69) is 5.32 Å². The number of para-hydroxylation sites is 2. The minimum atomic E-state index is -1.24. The van der Waals surface area contributed by atoms with Gasteiger partial charge in [0.1, 0.15) is 17.3 Å². The number of benzene rings is 2. The number of hydrogen-bond donors (Lipinski definition) is 3. The van der Waals surface area contributed by atoms with E-state index >= 15 is 0 Å². The van der Waals surface area contributed by atoms with Crippen molar-refractivity contribution >= 4 is 23.0 Å². The van der Waals surface area contributed by atoms with Crippen molar-refractivity contribution in [3.8, 4) is 0 Å². The first-order valence-electron chi connectivity index (χ1n) is 5.33. The molecule has 0 aliphatic rings. The van der Waals surface area contributed by atoms with Gasteiger partial charge in [-0.1, -0.05) is 12.1 Å². The topological polar surface area (TPSA) is 75.4 Å². The van der Waals surface area contributed by atoms with Crippen LogP contribution in [-0.2, 0) is 0 Å². The van der Waals surface area contributed by atoms with Crippen molar-refractivity contribution in [3.05, 3.63) is 53.6 Å². The molecule has 0 atom stereocenters. The first kappa shape index (κ1) is 12.8. The normalized spacial score (nSPS) is 10.2. The summed E-state index contributed by atoms with van der Waals surface area (Å²) in [6, 6.07) is 7.51. The number of rotatable bonds is 3. The molecule has 0 heterocycles. The van der Waals surface area contributed by atoms with Gasteiger partial charge in [0.2, 0.25) is 0 Å². The zero-order valence-corrected chi connectivity index (χ0v) is 9.65. The first-order chi connectivity index (χ1) is 9.00. The van der Waals surface area contributed by atoms with Gasteiger partial charge in [-0.15, -0.1) is 0 Å². The van der Waals surface area contributed by atoms with E-state index in [0.717, 1.165) is 12.1 Å². The van der Waals surface area contributed by atoms with Crippen LogP contribution in [0.5, 0.6) is 0 Å². The van der Waals surface area contributed by atoms with Crippen molar-refractivity contribution in [1.82, 2.24) is 0 Å². The number of hydrogen-bond acceptors (Lipinski definition) is 3. The van der Waals surface area contributed by atoms with Crippen LogP contribution in [0.3, 0.4) is 0 Å². The van der Waals surface area contributed by atoms with Crippen LogP contribution < -0.4 is 11.1 Å². The van der Waals surface area contributed by atoms with Crippen LogP contribution in [0.15, 0.2) is 36.4 Å². The number of anilines is 3. The molecule has 0 fully saturated rings. The predicted molar refractivity (Wildman–Crippen MR) is 67.5 cm³/mol. The Balaban J connectivity index is 2.52. The van der Waals surface area contributed by atoms with E-state index in [9.17, 15) is 13.6 Å². The second-order valence-corrected chi connectivity index (χ2v) is 3.80. The Hall–Kier alpha value is -2.63. The lowest BCUT2D eigenvalue weighted by atomic mass is 10.1. The van der Waals surface area contributed by atoms with Crippen LogP contribution >= 0.6 is 0 Å². The maximum Gasteiger partial charge on any atom is 0.337 e. The van der Waals surface area contributed by atoms with Gasteiger partial charge >= 0.3 is 5.97 Å². The molecule has 0 aromatic heterocycles. The summed E-state index contributed by atoms with van der Waals surface area (Å²) in [6.07, 6.45) is 0. The Labute approximate surface area is 107 Å². The summed E-state index contributed by atoms with van der Waals surface area (Å²) in [4.78, 5) is 11.1. The van der Waals surface area contributed by atoms with Crippen LogP contribution in [-0.4, -0.2) is 11.1 Å². The number of aromatic carboxylic acids is 1. The van der Waals surface area contributed by atoms with Crippen molar-refractivity contribution in [2.24, 2.45) is 0 Å². The maximum absolute atomic E-state index is 13.5. The quantitative estimate of drug-likeness (QED) is 0.745. The molecule has 6 heteroatoms. The highest BCUT2D eigenvalue weighted by Gasteiger charge is 2.16. The van der Waals surface area contributed by atoms with Crippen LogP contribution in [0.4, 0.5) is 25.8 Å². The zero-order chi connectivity index (χ0) is 14.0. The summed E-state index contributed by atoms with van der Waals surface area (Å²) >= 11 is 0. The molecule has 0 bridgehead atoms. The summed E-state index contributed by atoms with van der Waals surface area (Å²) in [7, 11) is 0. The Morgan fingerprint density at radius 2 is 1.63 bits per heavy atom. The average Bonchev–Trinajstić information content (AvgIpc) is 2.35. The molecule has 0 aliphatic carbocycles. The molecular weight excluding hydrogens is 254 g/mol. The highest BCUT2D eigenvalue weighted by atomic mass is 19.1. The average molecular weight is 264 g/mol. The van der Waals surface area contributed by atoms with Gasteiger partial charge < -0.3 is 16.2 Å². The van der Waals surface area contributed by atoms with Gasteiger partial charge in [0.25, 0.3) is 0 Å². The summed E-state index contributed by atoms with van der Waals surface area (Å²) in [5, 5.41) is 11.4. The highest BCUT2D eigenvalue weighted by Crippen LogP contribution is 2.30. The molecule has 0 saturated heterocycles. The molecule has 19 heavy (non-hydrogen) atoms. The Kier molecular flexibility index (Phi) is 3.33. The highest BCUT2D eigenvalue weighted by molar-refractivity contribution is 5.98. The van der Waals surface area contributed by atoms with Crippen molar-refractivity contribution < 1.29 is 18.7 Å². The van der Waals surface area contributed by atoms with E-state index < -0.39 is 23.3 Å². The van der Waals surface area contributed by atoms with Gasteiger partial charge in [-0.25, -0.2) is 13.6 Å². The molecule has 4 nitrogen and oxygen atoms in total. The number of nitrogens with two attached hydrogens (primary N) is 1. The number of nitrogens with one attached hydrogen (secondary N) is 1. The Bertz CT molecular complexity index is 624. The van der Waals surface area contributed by atoms with Gasteiger partial charge in [-0.3, -0.25) is 0 Å². The molecule has 2 rings (SSSR count). The van der Waals surface area contributed by atoms with Gasteiger partial charge in [0, 0.05) is 0 Å². The lowest BCUT2D eigenvalue weighted by Crippen LogP contribution is -2.07. The van der Waals surface area contributed by atoms with Gasteiger partial charge in [0.15, 0.2) is 0 Å². The third-order valence-corrected chi connectivity index (χ3v) is 2.54. The fourth-order valence-corrected chi connectivity index (χ4v) is 1.63. The van der Waals surface area contributed by atoms with E-state index in [-0.39, 0.29) is 16.9 Å². The van der Waals surface area contributed by atoms with Crippen molar-refractivity contribution in [1.29, 1.82) is 0 Å². The molecular formula is C13H10F2N2O2. The predicted octanol–water partition coefficient (Wildman–Crippen LogP) is 2.99. The largest absolute Gasteiger partial charge is 0.478 e. The molecule has 0 unspecified atom stereocenters. The fourth-order valence-electron chi connectivity index (χ4n) is 1.63. The molecule has 0 radical (unpaired) electrons. The number of carbonyl (C=O) groups is 1. The van der Waals surface area contributed by atoms with E-state index in [1.807, 2.05) is 0 Å². The van der Waals surface area contributed by atoms with Crippen molar-refractivity contribution in [2.75, 3.05) is 11.1 Å². The second kappa shape index (κ2) is 4.93. The standard InChI is InChI=1S/C13H10F2N2O2/c14-8-4-2-5-9(15)12(8)17-11-7(13(18)19)3-1-6-10(11)16/h1-6,17H,16H2,(H,18,19). The summed E-state index contributed by atoms with van der Waals surface area (Å²) in [5.41, 5.74) is 5.07. The third kappa shape index (κ3) is 2.47. The van der Waals surface area contributed by atoms with E-state index in [0.29, 0.717) is 0 Å². The van der Waals surface area contributed by atoms with Crippen LogP contribution in [0, 0.1) is 11.6 Å². The van der Waals surface area contributed by atoms with Crippen LogP contribution in [0.1, 0.15) is 10.4 Å². The van der Waals surface area contributed by atoms with Gasteiger partial charge in [-0.05, 0) is 24.3 Å². The molecule has 4 N–H and O–H groups in total. The summed E-state index contributed by atoms with van der Waals surface area (Å²) in [5.74, 6) is -2.91. The van der Waals surface area contributed by atoms with Crippen LogP contribution in [0.25, 0.3) is 0 Å². The number of carboxylic acid groups (broad SMARTS) is 1. The van der Waals surface area contributed by atoms with Gasteiger partial charge in [0.05, 0.1) is 16.9 Å². The Morgan fingerprint density at radius 3 is 2.21 bits per heavy atom. The molecule has 98 valence electrons. The molecule has 0 aliphatic heterocycles. The Morgan fingerprint density at radius 1 is 1.05 bits per heavy atom. The van der Waals surface area contributed by atoms with Gasteiger partial charge in [-0.2, -0.15) is 0 Å². The second-order valence-electron chi connectivity index (χ2n) is 3.80. The molecule has 0 spiro atoms. The number of halogens is 2. The van der Waals surface area contributed by atoms with E-state index in [1.54, 1.807) is 0 Å². The third-order valence-electron chi connectivity index (χ3n) is 2.54. The monoisotopic (exact) mass is 264 g/mol. The smallest absolute Gasteiger partial charge is 0.337 e. The lowest BCUT2D eigenvalue weighted by molar-refractivity contribution is 0.0698. The molecule has 2 aromatic carbocycles. The first-order valence-corrected chi connectivity index (χ1v) is 5.33. The lowest BCUT2D eigenvalue weighted by Gasteiger charge is -2.13. The molecule has 0 saturated carbocycles. The minimum absolute atomic E-state index is 0.0426. The number of carboxylic acids is 1. The summed E-state index contributed by atoms with van der Waals surface area (Å²) in [6.45, 7) is 0. The summed E-state index contributed by atoms with van der Waals surface area (Å²) < 4.78 is 27.0. The SMILES string of the molecule is Nc1cccc(C(=O)O)c1Nc1c(F)cccc1F. The van der Waals surface area contributed by atoms with Crippen LogP contribution in [0.2, 0.25) is 0 Å². The van der Waals surface area contributed by atoms with Crippen molar-refractivity contribution in [2.45, 2.75) is 0 Å². The zero-order valence-electron chi connectivity index (χ0n) is 9.65. The van der Waals surface area contributed by atoms with E-state index in [1.165, 1.54) is 24.3 Å². The number of nitrogen functional groups attached to an aromatic ring is 1. The van der Waals surface area contributed by atoms with E-state index in [4.69, 9.17) is 10.8 Å².